The Kier molecular flexibility index (Phi) is 5.60. The molecule has 0 radical (unpaired) electrons. The summed E-state index contributed by atoms with van der Waals surface area (Å²) >= 11 is 0. The van der Waals surface area contributed by atoms with Crippen LogP contribution in [0.3, 0.4) is 0 Å². The van der Waals surface area contributed by atoms with Gasteiger partial charge in [-0.05, 0) is 36.1 Å². The average Bonchev–Trinajstić information content (AvgIpc) is 2.66. The van der Waals surface area contributed by atoms with Crippen molar-refractivity contribution in [1.82, 2.24) is 5.32 Å². The van der Waals surface area contributed by atoms with Crippen LogP contribution in [0.15, 0.2) is 63.8 Å². The van der Waals surface area contributed by atoms with E-state index in [-0.39, 0.29) is 24.5 Å². The van der Waals surface area contributed by atoms with Gasteiger partial charge in [-0.15, -0.1) is 0 Å². The molecule has 0 unspecified atom stereocenters. The first-order chi connectivity index (χ1) is 12.9. The lowest BCUT2D eigenvalue weighted by atomic mass is 10.00. The molecule has 2 aromatic carbocycles. The van der Waals surface area contributed by atoms with Gasteiger partial charge in [-0.3, -0.25) is 4.79 Å². The Bertz CT molecular complexity index is 992. The van der Waals surface area contributed by atoms with Crippen molar-refractivity contribution in [3.05, 3.63) is 76.1 Å². The van der Waals surface area contributed by atoms with Crippen LogP contribution in [0, 0.1) is 0 Å². The summed E-state index contributed by atoms with van der Waals surface area (Å²) in [6, 6.07) is 16.4. The second kappa shape index (κ2) is 8.08. The third kappa shape index (κ3) is 4.56. The van der Waals surface area contributed by atoms with Crippen molar-refractivity contribution >= 4 is 16.9 Å². The zero-order chi connectivity index (χ0) is 19.4. The van der Waals surface area contributed by atoms with Crippen molar-refractivity contribution in [2.75, 3.05) is 6.61 Å². The van der Waals surface area contributed by atoms with E-state index in [9.17, 15) is 9.59 Å². The van der Waals surface area contributed by atoms with Crippen LogP contribution < -0.4 is 15.7 Å². The minimum Gasteiger partial charge on any atom is -0.484 e. The Morgan fingerprint density at radius 2 is 1.81 bits per heavy atom. The smallest absolute Gasteiger partial charge is 0.336 e. The molecule has 0 aliphatic rings. The molecular formula is C22H23NO4. The highest BCUT2D eigenvalue weighted by Crippen LogP contribution is 2.27. The van der Waals surface area contributed by atoms with Gasteiger partial charge >= 0.3 is 5.63 Å². The Morgan fingerprint density at radius 1 is 1.07 bits per heavy atom. The maximum Gasteiger partial charge on any atom is 0.336 e. The predicted molar refractivity (Wildman–Crippen MR) is 105 cm³/mol. The Balaban J connectivity index is 1.68. The van der Waals surface area contributed by atoms with Crippen LogP contribution in [0.5, 0.6) is 5.75 Å². The van der Waals surface area contributed by atoms with Crippen LogP contribution in [-0.4, -0.2) is 12.5 Å². The number of hydrogen-bond acceptors (Lipinski definition) is 4. The molecule has 27 heavy (non-hydrogen) atoms. The number of nitrogens with one attached hydrogen (secondary N) is 1. The van der Waals surface area contributed by atoms with Gasteiger partial charge in [0, 0.05) is 17.5 Å². The first kappa shape index (κ1) is 18.7. The highest BCUT2D eigenvalue weighted by Gasteiger charge is 2.12. The Hall–Kier alpha value is -3.08. The van der Waals surface area contributed by atoms with E-state index in [1.54, 1.807) is 12.1 Å². The molecule has 3 rings (SSSR count). The second-order valence-corrected chi connectivity index (χ2v) is 6.82. The molecule has 0 saturated carbocycles. The van der Waals surface area contributed by atoms with Crippen molar-refractivity contribution in [2.45, 2.75) is 32.7 Å². The van der Waals surface area contributed by atoms with E-state index >= 15 is 0 Å². The van der Waals surface area contributed by atoms with Gasteiger partial charge in [0.15, 0.2) is 6.61 Å². The fraction of sp³-hybridized carbons (Fsp3) is 0.273. The third-order valence-corrected chi connectivity index (χ3v) is 4.42. The summed E-state index contributed by atoms with van der Waals surface area (Å²) in [7, 11) is 0. The van der Waals surface area contributed by atoms with E-state index in [4.69, 9.17) is 9.15 Å². The zero-order valence-corrected chi connectivity index (χ0v) is 15.7. The summed E-state index contributed by atoms with van der Waals surface area (Å²) in [4.78, 5) is 23.9. The quantitative estimate of drug-likeness (QED) is 0.666. The van der Waals surface area contributed by atoms with Crippen LogP contribution in [0.1, 0.15) is 43.9 Å². The molecule has 0 saturated heterocycles. The van der Waals surface area contributed by atoms with Crippen LogP contribution >= 0.6 is 0 Å². The fourth-order valence-electron chi connectivity index (χ4n) is 2.99. The van der Waals surface area contributed by atoms with Gasteiger partial charge in [-0.25, -0.2) is 4.79 Å². The highest BCUT2D eigenvalue weighted by molar-refractivity contribution is 5.82. The summed E-state index contributed by atoms with van der Waals surface area (Å²) in [5.41, 5.74) is 2.03. The SMILES string of the molecule is CC(C)c1cc(=O)oc2cc(OCC(=O)N[C@@H](C)c3ccccc3)ccc12. The van der Waals surface area contributed by atoms with Crippen LogP contribution in [0.2, 0.25) is 0 Å². The number of amides is 1. The number of hydrogen-bond donors (Lipinski definition) is 1. The molecule has 0 aliphatic heterocycles. The van der Waals surface area contributed by atoms with Gasteiger partial charge in [0.05, 0.1) is 6.04 Å². The summed E-state index contributed by atoms with van der Waals surface area (Å²) in [6.07, 6.45) is 0. The van der Waals surface area contributed by atoms with Crippen molar-refractivity contribution in [3.8, 4) is 5.75 Å². The largest absolute Gasteiger partial charge is 0.484 e. The van der Waals surface area contributed by atoms with Gasteiger partial charge < -0.3 is 14.5 Å². The molecule has 5 nitrogen and oxygen atoms in total. The molecule has 0 bridgehead atoms. The molecule has 1 N–H and O–H groups in total. The van der Waals surface area contributed by atoms with Crippen molar-refractivity contribution in [3.63, 3.8) is 0 Å². The van der Waals surface area contributed by atoms with Gasteiger partial charge in [-0.2, -0.15) is 0 Å². The molecule has 1 aromatic heterocycles. The maximum atomic E-state index is 12.2. The molecule has 1 atom stereocenters. The molecule has 0 fully saturated rings. The van der Waals surface area contributed by atoms with Crippen molar-refractivity contribution in [2.24, 2.45) is 0 Å². The van der Waals surface area contributed by atoms with E-state index in [1.807, 2.05) is 57.2 Å². The lowest BCUT2D eigenvalue weighted by Gasteiger charge is -2.15. The number of fused-ring (bicyclic) bond motifs is 1. The number of carbonyl (C=O) groups is 1. The normalized spacial score (nSPS) is 12.1. The van der Waals surface area contributed by atoms with E-state index in [2.05, 4.69) is 5.32 Å². The maximum absolute atomic E-state index is 12.2. The lowest BCUT2D eigenvalue weighted by molar-refractivity contribution is -0.123. The molecular weight excluding hydrogens is 342 g/mol. The topological polar surface area (TPSA) is 68.5 Å². The van der Waals surface area contributed by atoms with E-state index in [0.29, 0.717) is 11.3 Å². The molecule has 5 heteroatoms. The molecule has 140 valence electrons. The first-order valence-electron chi connectivity index (χ1n) is 8.99. The summed E-state index contributed by atoms with van der Waals surface area (Å²) in [5, 5.41) is 3.77. The summed E-state index contributed by atoms with van der Waals surface area (Å²) < 4.78 is 10.9. The zero-order valence-electron chi connectivity index (χ0n) is 15.7. The number of ether oxygens (including phenoxy) is 1. The van der Waals surface area contributed by atoms with Crippen molar-refractivity contribution in [1.29, 1.82) is 0 Å². The van der Waals surface area contributed by atoms with E-state index in [1.165, 1.54) is 6.07 Å². The minimum atomic E-state index is -0.391. The van der Waals surface area contributed by atoms with Crippen molar-refractivity contribution < 1.29 is 13.9 Å². The lowest BCUT2D eigenvalue weighted by Crippen LogP contribution is -2.31. The third-order valence-electron chi connectivity index (χ3n) is 4.42. The van der Waals surface area contributed by atoms with Crippen LogP contribution in [0.25, 0.3) is 11.0 Å². The molecule has 0 spiro atoms. The van der Waals surface area contributed by atoms with E-state index < -0.39 is 5.63 Å². The van der Waals surface area contributed by atoms with Gasteiger partial charge in [0.1, 0.15) is 11.3 Å². The number of carbonyl (C=O) groups excluding carboxylic acids is 1. The summed E-state index contributed by atoms with van der Waals surface area (Å²) in [6.45, 7) is 5.86. The molecule has 1 amide bonds. The fourth-order valence-corrected chi connectivity index (χ4v) is 2.99. The van der Waals surface area contributed by atoms with Gasteiger partial charge in [0.25, 0.3) is 5.91 Å². The van der Waals surface area contributed by atoms with Crippen LogP contribution in [-0.2, 0) is 4.79 Å². The molecule has 1 heterocycles. The average molecular weight is 365 g/mol. The first-order valence-corrected chi connectivity index (χ1v) is 8.99. The van der Waals surface area contributed by atoms with Crippen LogP contribution in [0.4, 0.5) is 0 Å². The molecule has 3 aromatic rings. The molecule has 0 aliphatic carbocycles. The Morgan fingerprint density at radius 3 is 2.52 bits per heavy atom. The number of benzene rings is 2. The monoisotopic (exact) mass is 365 g/mol. The standard InChI is InChI=1S/C22H23NO4/c1-14(2)19-12-22(25)27-20-11-17(9-10-18(19)20)26-13-21(24)23-15(3)16-7-5-4-6-8-16/h4-12,14-15H,13H2,1-3H3,(H,23,24)/t15-/m0/s1. The van der Waals surface area contributed by atoms with Gasteiger partial charge in [-0.1, -0.05) is 44.2 Å². The highest BCUT2D eigenvalue weighted by atomic mass is 16.5. The predicted octanol–water partition coefficient (Wildman–Crippen LogP) is 4.17. The second-order valence-electron chi connectivity index (χ2n) is 6.82. The Labute approximate surface area is 158 Å². The number of rotatable bonds is 6. The van der Waals surface area contributed by atoms with E-state index in [0.717, 1.165) is 16.5 Å². The minimum absolute atomic E-state index is 0.106. The summed E-state index contributed by atoms with van der Waals surface area (Å²) in [5.74, 6) is 0.464. The van der Waals surface area contributed by atoms with Gasteiger partial charge in [0.2, 0.25) is 0 Å².